The Labute approximate surface area is 165 Å². The first-order chi connectivity index (χ1) is 13.5. The maximum absolute atomic E-state index is 13.2. The number of ether oxygens (including phenoxy) is 1. The van der Waals surface area contributed by atoms with Crippen LogP contribution in [0.1, 0.15) is 27.9 Å². The van der Waals surface area contributed by atoms with E-state index in [4.69, 9.17) is 9.57 Å². The third-order valence-electron chi connectivity index (χ3n) is 5.30. The molecule has 0 radical (unpaired) electrons. The highest BCUT2D eigenvalue weighted by Crippen LogP contribution is 2.32. The molecule has 1 saturated heterocycles. The number of benzene rings is 2. The van der Waals surface area contributed by atoms with Crippen molar-refractivity contribution < 1.29 is 19.5 Å². The highest BCUT2D eigenvalue weighted by atomic mass is 16.6. The van der Waals surface area contributed by atoms with Crippen LogP contribution in [-0.4, -0.2) is 55.0 Å². The van der Waals surface area contributed by atoms with Crippen LogP contribution < -0.4 is 4.74 Å². The van der Waals surface area contributed by atoms with Gasteiger partial charge in [0.1, 0.15) is 12.9 Å². The van der Waals surface area contributed by atoms with Crippen LogP contribution in [0.4, 0.5) is 0 Å². The summed E-state index contributed by atoms with van der Waals surface area (Å²) in [5.74, 6) is 0.321. The summed E-state index contributed by atoms with van der Waals surface area (Å²) >= 11 is 0. The Balaban J connectivity index is 1.95. The summed E-state index contributed by atoms with van der Waals surface area (Å²) in [5, 5.41) is 13.6. The predicted octanol–water partition coefficient (Wildman–Crippen LogP) is 3.19. The summed E-state index contributed by atoms with van der Waals surface area (Å²) in [7, 11) is 3.03. The zero-order chi connectivity index (χ0) is 20.3. The minimum absolute atomic E-state index is 0.128. The van der Waals surface area contributed by atoms with Gasteiger partial charge in [-0.05, 0) is 48.2 Å². The number of amides is 1. The van der Waals surface area contributed by atoms with E-state index < -0.39 is 0 Å². The van der Waals surface area contributed by atoms with Gasteiger partial charge in [-0.3, -0.25) is 4.79 Å². The van der Waals surface area contributed by atoms with Crippen LogP contribution in [0, 0.1) is 13.8 Å². The Morgan fingerprint density at radius 1 is 1.25 bits per heavy atom. The zero-order valence-corrected chi connectivity index (χ0v) is 16.7. The van der Waals surface area contributed by atoms with E-state index in [2.05, 4.69) is 31.1 Å². The number of likely N-dealkylation sites (tertiary alicyclic amines) is 1. The Morgan fingerprint density at radius 2 is 2.04 bits per heavy atom. The second-order valence-electron chi connectivity index (χ2n) is 6.98. The van der Waals surface area contributed by atoms with Crippen LogP contribution in [0.15, 0.2) is 41.6 Å². The molecule has 3 rings (SSSR count). The summed E-state index contributed by atoms with van der Waals surface area (Å²) in [6.07, 6.45) is 0.499. The van der Waals surface area contributed by atoms with Crippen LogP contribution in [0.25, 0.3) is 11.1 Å². The molecule has 1 atom stereocenters. The minimum atomic E-state index is -0.315. The number of hydrogen-bond acceptors (Lipinski definition) is 5. The topological polar surface area (TPSA) is 71.4 Å². The molecule has 148 valence electrons. The number of aryl methyl sites for hydroxylation is 1. The van der Waals surface area contributed by atoms with Crippen molar-refractivity contribution in [3.8, 4) is 16.9 Å². The van der Waals surface area contributed by atoms with Crippen molar-refractivity contribution in [1.29, 1.82) is 0 Å². The van der Waals surface area contributed by atoms with E-state index >= 15 is 0 Å². The summed E-state index contributed by atoms with van der Waals surface area (Å²) in [6, 6.07) is 11.5. The van der Waals surface area contributed by atoms with Gasteiger partial charge in [0.15, 0.2) is 0 Å². The standard InChI is InChI=1S/C22H26N2O4/c1-14-6-5-7-19(15(14)2)16-8-9-20(21(10-16)27-3)22(26)24-12-17(23-28-4)11-18(24)13-25/h5-10,18,25H,11-13H2,1-4H3/b23-17-/t18-/m0/s1. The molecule has 1 heterocycles. The largest absolute Gasteiger partial charge is 0.496 e. The molecule has 0 saturated carbocycles. The number of carbonyl (C=O) groups is 1. The van der Waals surface area contributed by atoms with Crippen LogP contribution in [-0.2, 0) is 4.84 Å². The van der Waals surface area contributed by atoms with E-state index in [1.807, 2.05) is 18.2 Å². The number of oxime groups is 1. The van der Waals surface area contributed by atoms with Crippen LogP contribution in [0.2, 0.25) is 0 Å². The van der Waals surface area contributed by atoms with E-state index in [9.17, 15) is 9.90 Å². The lowest BCUT2D eigenvalue weighted by Crippen LogP contribution is -2.38. The third kappa shape index (κ3) is 3.73. The molecule has 1 amide bonds. The first kappa shape index (κ1) is 19.9. The Bertz CT molecular complexity index is 907. The first-order valence-corrected chi connectivity index (χ1v) is 9.25. The molecule has 6 heteroatoms. The van der Waals surface area contributed by atoms with Gasteiger partial charge < -0.3 is 19.6 Å². The number of methoxy groups -OCH3 is 1. The molecular formula is C22H26N2O4. The van der Waals surface area contributed by atoms with Gasteiger partial charge >= 0.3 is 0 Å². The Morgan fingerprint density at radius 3 is 2.71 bits per heavy atom. The average Bonchev–Trinajstić information content (AvgIpc) is 3.12. The molecule has 0 aliphatic carbocycles. The minimum Gasteiger partial charge on any atom is -0.496 e. The van der Waals surface area contributed by atoms with E-state index in [1.165, 1.54) is 18.2 Å². The van der Waals surface area contributed by atoms with E-state index in [1.54, 1.807) is 18.1 Å². The fourth-order valence-electron chi connectivity index (χ4n) is 3.62. The SMILES string of the molecule is CO/N=C1/C[C@@H](CO)N(C(=O)c2ccc(-c3cccc(C)c3C)cc2OC)C1. The lowest BCUT2D eigenvalue weighted by molar-refractivity contribution is 0.0677. The van der Waals surface area contributed by atoms with Gasteiger partial charge in [0.25, 0.3) is 5.91 Å². The number of rotatable bonds is 5. The van der Waals surface area contributed by atoms with Gasteiger partial charge in [-0.25, -0.2) is 0 Å². The molecule has 0 bridgehead atoms. The number of carbonyl (C=O) groups excluding carboxylic acids is 1. The quantitative estimate of drug-likeness (QED) is 0.806. The highest BCUT2D eigenvalue weighted by Gasteiger charge is 2.34. The van der Waals surface area contributed by atoms with Crippen LogP contribution in [0.3, 0.4) is 0 Å². The van der Waals surface area contributed by atoms with E-state index in [0.717, 1.165) is 16.8 Å². The molecule has 1 fully saturated rings. The molecule has 0 spiro atoms. The molecule has 0 aromatic heterocycles. The van der Waals surface area contributed by atoms with Gasteiger partial charge in [-0.1, -0.05) is 29.4 Å². The van der Waals surface area contributed by atoms with Crippen LogP contribution in [0.5, 0.6) is 5.75 Å². The third-order valence-corrected chi connectivity index (χ3v) is 5.30. The number of aliphatic hydroxyl groups excluding tert-OH is 1. The monoisotopic (exact) mass is 382 g/mol. The van der Waals surface area contributed by atoms with Gasteiger partial charge in [-0.15, -0.1) is 0 Å². The average molecular weight is 382 g/mol. The lowest BCUT2D eigenvalue weighted by Gasteiger charge is -2.23. The number of hydrogen-bond donors (Lipinski definition) is 1. The fourth-order valence-corrected chi connectivity index (χ4v) is 3.62. The molecule has 1 aliphatic heterocycles. The molecule has 1 N–H and O–H groups in total. The molecule has 1 aliphatic rings. The summed E-state index contributed by atoms with van der Waals surface area (Å²) in [5.41, 5.74) is 5.72. The van der Waals surface area contributed by atoms with Crippen molar-refractivity contribution >= 4 is 11.6 Å². The number of aliphatic hydroxyl groups is 1. The van der Waals surface area contributed by atoms with Gasteiger partial charge in [-0.2, -0.15) is 0 Å². The number of nitrogens with zero attached hydrogens (tertiary/aromatic N) is 2. The van der Waals surface area contributed by atoms with E-state index in [-0.39, 0.29) is 18.6 Å². The normalized spacial score (nSPS) is 17.8. The van der Waals surface area contributed by atoms with Crippen molar-refractivity contribution in [2.75, 3.05) is 27.4 Å². The first-order valence-electron chi connectivity index (χ1n) is 9.25. The van der Waals surface area contributed by atoms with E-state index in [0.29, 0.717) is 24.3 Å². The predicted molar refractivity (Wildman–Crippen MR) is 109 cm³/mol. The fraction of sp³-hybridized carbons (Fsp3) is 0.364. The smallest absolute Gasteiger partial charge is 0.258 e. The summed E-state index contributed by atoms with van der Waals surface area (Å²) in [6.45, 7) is 4.37. The zero-order valence-electron chi connectivity index (χ0n) is 16.7. The maximum Gasteiger partial charge on any atom is 0.258 e. The summed E-state index contributed by atoms with van der Waals surface area (Å²) < 4.78 is 5.54. The van der Waals surface area contributed by atoms with Crippen molar-refractivity contribution in [3.63, 3.8) is 0 Å². The molecule has 2 aromatic rings. The highest BCUT2D eigenvalue weighted by molar-refractivity contribution is 6.02. The summed E-state index contributed by atoms with van der Waals surface area (Å²) in [4.78, 5) is 19.6. The Kier molecular flexibility index (Phi) is 5.99. The van der Waals surface area contributed by atoms with Gasteiger partial charge in [0.05, 0.1) is 37.6 Å². The molecule has 0 unspecified atom stereocenters. The Hall–Kier alpha value is -2.86. The van der Waals surface area contributed by atoms with Gasteiger partial charge in [0, 0.05) is 6.42 Å². The lowest BCUT2D eigenvalue weighted by atomic mass is 9.96. The second-order valence-corrected chi connectivity index (χ2v) is 6.98. The molecule has 28 heavy (non-hydrogen) atoms. The molecular weight excluding hydrogens is 356 g/mol. The maximum atomic E-state index is 13.2. The van der Waals surface area contributed by atoms with Crippen molar-refractivity contribution in [2.45, 2.75) is 26.3 Å². The van der Waals surface area contributed by atoms with Gasteiger partial charge in [0.2, 0.25) is 0 Å². The van der Waals surface area contributed by atoms with Crippen molar-refractivity contribution in [2.24, 2.45) is 5.16 Å². The van der Waals surface area contributed by atoms with Crippen LogP contribution >= 0.6 is 0 Å². The van der Waals surface area contributed by atoms with Crippen molar-refractivity contribution in [1.82, 2.24) is 4.90 Å². The molecule has 6 nitrogen and oxygen atoms in total. The molecule has 2 aromatic carbocycles. The van der Waals surface area contributed by atoms with Crippen molar-refractivity contribution in [3.05, 3.63) is 53.1 Å². The second kappa shape index (κ2) is 8.44.